The Labute approximate surface area is 174 Å². The molecule has 0 bridgehead atoms. The average molecular weight is 415 g/mol. The van der Waals surface area contributed by atoms with Crippen LogP contribution in [0.25, 0.3) is 0 Å². The molecule has 1 atom stereocenters. The van der Waals surface area contributed by atoms with E-state index in [0.717, 1.165) is 12.8 Å². The van der Waals surface area contributed by atoms with E-state index >= 15 is 0 Å². The highest BCUT2D eigenvalue weighted by Crippen LogP contribution is 2.40. The lowest BCUT2D eigenvalue weighted by molar-refractivity contribution is -0.121. The summed E-state index contributed by atoms with van der Waals surface area (Å²) in [5.74, 6) is 0.112. The lowest BCUT2D eigenvalue weighted by atomic mass is 9.96. The van der Waals surface area contributed by atoms with E-state index in [4.69, 9.17) is 21.1 Å². The first-order valence-corrected chi connectivity index (χ1v) is 10.1. The number of carbonyl (C=O) groups is 2. The van der Waals surface area contributed by atoms with E-state index in [2.05, 4.69) is 5.32 Å². The van der Waals surface area contributed by atoms with Crippen LogP contribution >= 0.6 is 11.6 Å². The van der Waals surface area contributed by atoms with E-state index in [0.29, 0.717) is 40.9 Å². The molecule has 0 saturated carbocycles. The summed E-state index contributed by atoms with van der Waals surface area (Å²) < 4.78 is 11.4. The molecular formula is C22H23ClN2O4. The molecule has 2 aliphatic heterocycles. The lowest BCUT2D eigenvalue weighted by Crippen LogP contribution is -2.43. The zero-order valence-electron chi connectivity index (χ0n) is 16.4. The van der Waals surface area contributed by atoms with Gasteiger partial charge in [-0.3, -0.25) is 9.59 Å². The molecule has 6 nitrogen and oxygen atoms in total. The van der Waals surface area contributed by atoms with Crippen LogP contribution in [0.5, 0.6) is 11.5 Å². The minimum absolute atomic E-state index is 0.0792. The number of likely N-dealkylation sites (tertiary alicyclic amines) is 1. The number of fused-ring (bicyclic) bond motifs is 1. The monoisotopic (exact) mass is 414 g/mol. The van der Waals surface area contributed by atoms with Crippen molar-refractivity contribution in [3.63, 3.8) is 0 Å². The third-order valence-electron chi connectivity index (χ3n) is 5.09. The van der Waals surface area contributed by atoms with Gasteiger partial charge in [0.1, 0.15) is 0 Å². The Morgan fingerprint density at radius 3 is 2.59 bits per heavy atom. The summed E-state index contributed by atoms with van der Waals surface area (Å²) in [6.07, 6.45) is 1.53. The molecule has 0 spiro atoms. The van der Waals surface area contributed by atoms with Crippen LogP contribution in [0, 0.1) is 5.92 Å². The van der Waals surface area contributed by atoms with Crippen LogP contribution in [0.2, 0.25) is 5.02 Å². The van der Waals surface area contributed by atoms with Crippen LogP contribution < -0.4 is 14.8 Å². The third-order valence-corrected chi connectivity index (χ3v) is 5.35. The Morgan fingerprint density at radius 1 is 1.10 bits per heavy atom. The smallest absolute Gasteiger partial charge is 0.253 e. The number of amides is 2. The van der Waals surface area contributed by atoms with E-state index in [9.17, 15) is 9.59 Å². The molecule has 2 heterocycles. The van der Waals surface area contributed by atoms with E-state index in [1.54, 1.807) is 47.4 Å². The van der Waals surface area contributed by atoms with Crippen LogP contribution in [0.3, 0.4) is 0 Å². The number of nitrogens with one attached hydrogen (secondary N) is 1. The molecule has 1 fully saturated rings. The van der Waals surface area contributed by atoms with Gasteiger partial charge >= 0.3 is 0 Å². The van der Waals surface area contributed by atoms with Crippen molar-refractivity contribution in [3.05, 3.63) is 53.1 Å². The molecule has 7 heteroatoms. The van der Waals surface area contributed by atoms with Crippen LogP contribution in [0.15, 0.2) is 42.5 Å². The minimum atomic E-state index is -0.711. The summed E-state index contributed by atoms with van der Waals surface area (Å²) in [5, 5.41) is 3.53. The second-order valence-electron chi connectivity index (χ2n) is 7.85. The van der Waals surface area contributed by atoms with Crippen molar-refractivity contribution in [3.8, 4) is 11.5 Å². The molecule has 2 aromatic carbocycles. The Morgan fingerprint density at radius 2 is 1.83 bits per heavy atom. The predicted octanol–water partition coefficient (Wildman–Crippen LogP) is 4.34. The number of anilines is 1. The van der Waals surface area contributed by atoms with Gasteiger partial charge in [0.05, 0.1) is 5.92 Å². The molecule has 0 radical (unpaired) electrons. The van der Waals surface area contributed by atoms with Crippen molar-refractivity contribution in [2.75, 3.05) is 18.4 Å². The number of halogens is 1. The van der Waals surface area contributed by atoms with Crippen molar-refractivity contribution < 1.29 is 19.1 Å². The van der Waals surface area contributed by atoms with Crippen LogP contribution in [-0.4, -0.2) is 35.6 Å². The molecule has 1 unspecified atom stereocenters. The lowest BCUT2D eigenvalue weighted by Gasteiger charge is -2.32. The molecule has 0 aliphatic carbocycles. The van der Waals surface area contributed by atoms with Crippen molar-refractivity contribution >= 4 is 29.1 Å². The van der Waals surface area contributed by atoms with Gasteiger partial charge < -0.3 is 19.7 Å². The van der Waals surface area contributed by atoms with Crippen molar-refractivity contribution in [1.29, 1.82) is 0 Å². The topological polar surface area (TPSA) is 67.9 Å². The van der Waals surface area contributed by atoms with Gasteiger partial charge in [0.15, 0.2) is 11.5 Å². The molecule has 0 aromatic heterocycles. The molecule has 4 rings (SSSR count). The first-order valence-electron chi connectivity index (χ1n) is 9.68. The van der Waals surface area contributed by atoms with E-state index in [1.165, 1.54) is 0 Å². The summed E-state index contributed by atoms with van der Waals surface area (Å²) in [7, 11) is 0. The maximum atomic E-state index is 12.8. The zero-order chi connectivity index (χ0) is 20.6. The van der Waals surface area contributed by atoms with E-state index < -0.39 is 5.79 Å². The second kappa shape index (κ2) is 7.59. The van der Waals surface area contributed by atoms with Crippen molar-refractivity contribution in [2.45, 2.75) is 32.5 Å². The molecule has 2 amide bonds. The number of rotatable bonds is 3. The fourth-order valence-corrected chi connectivity index (χ4v) is 3.82. The van der Waals surface area contributed by atoms with Crippen molar-refractivity contribution in [2.24, 2.45) is 5.92 Å². The maximum Gasteiger partial charge on any atom is 0.253 e. The Kier molecular flexibility index (Phi) is 5.13. The zero-order valence-corrected chi connectivity index (χ0v) is 17.2. The quantitative estimate of drug-likeness (QED) is 0.811. The Bertz CT molecular complexity index is 942. The first-order chi connectivity index (χ1) is 13.8. The van der Waals surface area contributed by atoms with Gasteiger partial charge in [-0.15, -0.1) is 0 Å². The molecule has 2 aromatic rings. The summed E-state index contributed by atoms with van der Waals surface area (Å²) in [6, 6.07) is 12.2. The van der Waals surface area contributed by atoms with Crippen LogP contribution in [0.1, 0.15) is 37.0 Å². The van der Waals surface area contributed by atoms with Crippen molar-refractivity contribution in [1.82, 2.24) is 4.90 Å². The number of ether oxygens (including phenoxy) is 2. The molecule has 29 heavy (non-hydrogen) atoms. The van der Waals surface area contributed by atoms with Gasteiger partial charge in [-0.25, -0.2) is 0 Å². The number of benzene rings is 2. The van der Waals surface area contributed by atoms with Gasteiger partial charge in [-0.1, -0.05) is 11.6 Å². The van der Waals surface area contributed by atoms with Gasteiger partial charge in [0.25, 0.3) is 5.91 Å². The molecular weight excluding hydrogens is 392 g/mol. The normalized spacial score (nSPS) is 19.7. The summed E-state index contributed by atoms with van der Waals surface area (Å²) in [5.41, 5.74) is 1.23. The Hall–Kier alpha value is -2.73. The second-order valence-corrected chi connectivity index (χ2v) is 8.29. The number of hydrogen-bond donors (Lipinski definition) is 1. The van der Waals surface area contributed by atoms with Gasteiger partial charge in [-0.2, -0.15) is 0 Å². The van der Waals surface area contributed by atoms with Gasteiger partial charge in [-0.05, 0) is 49.2 Å². The summed E-state index contributed by atoms with van der Waals surface area (Å²) in [6.45, 7) is 4.70. The van der Waals surface area contributed by atoms with E-state index in [-0.39, 0.29) is 17.7 Å². The van der Waals surface area contributed by atoms with Gasteiger partial charge in [0, 0.05) is 49.3 Å². The number of nitrogens with zero attached hydrogens (tertiary/aromatic N) is 1. The maximum absolute atomic E-state index is 12.8. The molecule has 1 N–H and O–H groups in total. The third kappa shape index (κ3) is 4.32. The number of carbonyl (C=O) groups excluding carboxylic acids is 2. The first kappa shape index (κ1) is 19.6. The van der Waals surface area contributed by atoms with Gasteiger partial charge in [0.2, 0.25) is 11.7 Å². The van der Waals surface area contributed by atoms with E-state index in [1.807, 2.05) is 13.8 Å². The van der Waals surface area contributed by atoms with Crippen LogP contribution in [0.4, 0.5) is 5.69 Å². The highest BCUT2D eigenvalue weighted by Gasteiger charge is 2.32. The molecule has 2 aliphatic rings. The number of hydrogen-bond acceptors (Lipinski definition) is 4. The standard InChI is InChI=1S/C22H23ClN2O4/c1-22(2)28-18-10-9-17(12-19(18)29-22)24-20(26)15-4-3-11-25(13-15)21(27)14-5-7-16(23)8-6-14/h5-10,12,15H,3-4,11,13H2,1-2H3,(H,24,26). The fraction of sp³-hybridized carbons (Fsp3) is 0.364. The summed E-state index contributed by atoms with van der Waals surface area (Å²) in [4.78, 5) is 27.3. The predicted molar refractivity (Wildman–Crippen MR) is 110 cm³/mol. The SMILES string of the molecule is CC1(C)Oc2ccc(NC(=O)C3CCCN(C(=O)c4ccc(Cl)cc4)C3)cc2O1. The molecule has 152 valence electrons. The highest BCUT2D eigenvalue weighted by molar-refractivity contribution is 6.30. The summed E-state index contributed by atoms with van der Waals surface area (Å²) >= 11 is 5.90. The molecule has 1 saturated heterocycles. The number of piperidine rings is 1. The highest BCUT2D eigenvalue weighted by atomic mass is 35.5. The van der Waals surface area contributed by atoms with Crippen LogP contribution in [-0.2, 0) is 4.79 Å². The average Bonchev–Trinajstić information content (AvgIpc) is 3.01. The largest absolute Gasteiger partial charge is 0.449 e. The Balaban J connectivity index is 1.40. The fourth-order valence-electron chi connectivity index (χ4n) is 3.70. The minimum Gasteiger partial charge on any atom is -0.449 e.